The molecular weight excluding hydrogens is 252 g/mol. The Morgan fingerprint density at radius 3 is 2.65 bits per heavy atom. The molecule has 0 unspecified atom stereocenters. The van der Waals surface area contributed by atoms with Crippen LogP contribution in [0, 0.1) is 0 Å². The van der Waals surface area contributed by atoms with Crippen LogP contribution in [-0.4, -0.2) is 24.6 Å². The van der Waals surface area contributed by atoms with Crippen LogP contribution in [-0.2, 0) is 17.7 Å². The lowest BCUT2D eigenvalue weighted by Gasteiger charge is -2.05. The molecule has 4 heteroatoms. The van der Waals surface area contributed by atoms with Crippen LogP contribution >= 0.6 is 0 Å². The lowest BCUT2D eigenvalue weighted by Crippen LogP contribution is -2.17. The second kappa shape index (κ2) is 7.40. The van der Waals surface area contributed by atoms with Gasteiger partial charge in [-0.15, -0.1) is 0 Å². The number of carbonyl (C=O) groups is 1. The summed E-state index contributed by atoms with van der Waals surface area (Å²) in [6.07, 6.45) is 2.71. The first-order chi connectivity index (χ1) is 9.79. The number of methoxy groups -OCH3 is 1. The van der Waals surface area contributed by atoms with Gasteiger partial charge in [-0.3, -0.25) is 4.98 Å². The minimum Gasteiger partial charge on any atom is -0.465 e. The zero-order valence-electron chi connectivity index (χ0n) is 11.5. The van der Waals surface area contributed by atoms with Crippen molar-refractivity contribution in [3.05, 3.63) is 65.5 Å². The molecule has 0 atom stereocenters. The monoisotopic (exact) mass is 270 g/mol. The van der Waals surface area contributed by atoms with E-state index in [2.05, 4.69) is 15.0 Å². The fourth-order valence-electron chi connectivity index (χ4n) is 1.87. The van der Waals surface area contributed by atoms with Gasteiger partial charge in [-0.25, -0.2) is 4.79 Å². The van der Waals surface area contributed by atoms with Crippen molar-refractivity contribution in [1.29, 1.82) is 0 Å². The molecule has 2 aromatic rings. The summed E-state index contributed by atoms with van der Waals surface area (Å²) in [5.41, 5.74) is 2.80. The van der Waals surface area contributed by atoms with E-state index in [9.17, 15) is 4.79 Å². The van der Waals surface area contributed by atoms with E-state index in [0.717, 1.165) is 30.8 Å². The van der Waals surface area contributed by atoms with Gasteiger partial charge in [-0.1, -0.05) is 18.2 Å². The van der Waals surface area contributed by atoms with Gasteiger partial charge in [0.25, 0.3) is 0 Å². The molecule has 4 nitrogen and oxygen atoms in total. The second-order valence-corrected chi connectivity index (χ2v) is 4.44. The third kappa shape index (κ3) is 4.17. The van der Waals surface area contributed by atoms with Crippen molar-refractivity contribution in [3.8, 4) is 0 Å². The molecule has 0 radical (unpaired) electrons. The van der Waals surface area contributed by atoms with Gasteiger partial charge in [0.2, 0.25) is 0 Å². The average molecular weight is 270 g/mol. The molecule has 0 aliphatic rings. The van der Waals surface area contributed by atoms with E-state index in [1.165, 1.54) is 7.11 Å². The highest BCUT2D eigenvalue weighted by Crippen LogP contribution is 2.05. The van der Waals surface area contributed by atoms with Crippen LogP contribution in [0.1, 0.15) is 21.6 Å². The third-order valence-electron chi connectivity index (χ3n) is 2.99. The molecule has 0 fully saturated rings. The number of ether oxygens (including phenoxy) is 1. The fourth-order valence-corrected chi connectivity index (χ4v) is 1.87. The molecule has 0 aliphatic heterocycles. The maximum atomic E-state index is 11.3. The number of carbonyl (C=O) groups excluding carboxylic acids is 1. The van der Waals surface area contributed by atoms with Gasteiger partial charge < -0.3 is 10.1 Å². The largest absolute Gasteiger partial charge is 0.465 e. The summed E-state index contributed by atoms with van der Waals surface area (Å²) in [6.45, 7) is 1.64. The lowest BCUT2D eigenvalue weighted by molar-refractivity contribution is 0.0600. The molecule has 0 bridgehead atoms. The topological polar surface area (TPSA) is 51.2 Å². The molecule has 0 amide bonds. The first-order valence-corrected chi connectivity index (χ1v) is 6.57. The number of pyridine rings is 1. The highest BCUT2D eigenvalue weighted by Gasteiger charge is 2.03. The zero-order valence-corrected chi connectivity index (χ0v) is 11.5. The lowest BCUT2D eigenvalue weighted by atomic mass is 10.1. The van der Waals surface area contributed by atoms with Crippen LogP contribution < -0.4 is 5.32 Å². The summed E-state index contributed by atoms with van der Waals surface area (Å²) in [5, 5.41) is 3.36. The average Bonchev–Trinajstić information content (AvgIpc) is 2.52. The van der Waals surface area contributed by atoms with Crippen molar-refractivity contribution >= 4 is 5.97 Å². The standard InChI is InChI=1S/C16H18N2O2/c1-20-16(19)14-7-5-13(6-8-14)12-17-11-9-15-4-2-3-10-18-15/h2-8,10,17H,9,11-12H2,1H3. The quantitative estimate of drug-likeness (QED) is 0.646. The van der Waals surface area contributed by atoms with Gasteiger partial charge in [0, 0.05) is 31.4 Å². The van der Waals surface area contributed by atoms with Crippen LogP contribution in [0.25, 0.3) is 0 Å². The van der Waals surface area contributed by atoms with Crippen molar-refractivity contribution in [3.63, 3.8) is 0 Å². The SMILES string of the molecule is COC(=O)c1ccc(CNCCc2ccccn2)cc1. The Morgan fingerprint density at radius 1 is 1.20 bits per heavy atom. The van der Waals surface area contributed by atoms with Crippen LogP contribution in [0.3, 0.4) is 0 Å². The maximum absolute atomic E-state index is 11.3. The van der Waals surface area contributed by atoms with E-state index in [1.807, 2.05) is 30.3 Å². The molecule has 1 aromatic heterocycles. The van der Waals surface area contributed by atoms with Crippen LogP contribution in [0.4, 0.5) is 0 Å². The Hall–Kier alpha value is -2.20. The number of hydrogen-bond acceptors (Lipinski definition) is 4. The Balaban J connectivity index is 1.75. The summed E-state index contributed by atoms with van der Waals surface area (Å²) < 4.78 is 4.66. The van der Waals surface area contributed by atoms with E-state index in [-0.39, 0.29) is 5.97 Å². The predicted octanol–water partition coefficient (Wildman–Crippen LogP) is 2.20. The van der Waals surface area contributed by atoms with E-state index < -0.39 is 0 Å². The summed E-state index contributed by atoms with van der Waals surface area (Å²) in [6, 6.07) is 13.4. The van der Waals surface area contributed by atoms with Gasteiger partial charge in [-0.2, -0.15) is 0 Å². The molecule has 1 heterocycles. The van der Waals surface area contributed by atoms with Crippen LogP contribution in [0.2, 0.25) is 0 Å². The molecule has 1 aromatic carbocycles. The minimum absolute atomic E-state index is 0.306. The van der Waals surface area contributed by atoms with Gasteiger partial charge in [0.05, 0.1) is 12.7 Å². The van der Waals surface area contributed by atoms with Gasteiger partial charge in [0.15, 0.2) is 0 Å². The molecule has 0 spiro atoms. The van der Waals surface area contributed by atoms with Gasteiger partial charge in [-0.05, 0) is 29.8 Å². The predicted molar refractivity (Wildman–Crippen MR) is 77.4 cm³/mol. The number of benzene rings is 1. The van der Waals surface area contributed by atoms with E-state index in [0.29, 0.717) is 5.56 Å². The van der Waals surface area contributed by atoms with Crippen LogP contribution in [0.15, 0.2) is 48.7 Å². The Morgan fingerprint density at radius 2 is 2.00 bits per heavy atom. The summed E-state index contributed by atoms with van der Waals surface area (Å²) in [4.78, 5) is 15.6. The van der Waals surface area contributed by atoms with Gasteiger partial charge in [0.1, 0.15) is 0 Å². The molecular formula is C16H18N2O2. The second-order valence-electron chi connectivity index (χ2n) is 4.44. The van der Waals surface area contributed by atoms with E-state index in [1.54, 1.807) is 18.3 Å². The molecule has 104 valence electrons. The first-order valence-electron chi connectivity index (χ1n) is 6.57. The number of nitrogens with zero attached hydrogens (tertiary/aromatic N) is 1. The molecule has 20 heavy (non-hydrogen) atoms. The number of esters is 1. The van der Waals surface area contributed by atoms with E-state index in [4.69, 9.17) is 0 Å². The van der Waals surface area contributed by atoms with Crippen LogP contribution in [0.5, 0.6) is 0 Å². The first kappa shape index (κ1) is 14.2. The van der Waals surface area contributed by atoms with Crippen molar-refractivity contribution in [2.24, 2.45) is 0 Å². The molecule has 0 saturated heterocycles. The van der Waals surface area contributed by atoms with Crippen molar-refractivity contribution in [1.82, 2.24) is 10.3 Å². The van der Waals surface area contributed by atoms with Crippen molar-refractivity contribution < 1.29 is 9.53 Å². The normalized spacial score (nSPS) is 10.2. The Labute approximate surface area is 118 Å². The van der Waals surface area contributed by atoms with Crippen molar-refractivity contribution in [2.75, 3.05) is 13.7 Å². The fraction of sp³-hybridized carbons (Fsp3) is 0.250. The number of hydrogen-bond donors (Lipinski definition) is 1. The minimum atomic E-state index is -0.306. The zero-order chi connectivity index (χ0) is 14.2. The third-order valence-corrected chi connectivity index (χ3v) is 2.99. The maximum Gasteiger partial charge on any atom is 0.337 e. The summed E-state index contributed by atoms with van der Waals surface area (Å²) in [5.74, 6) is -0.306. The Kier molecular flexibility index (Phi) is 5.26. The molecule has 0 saturated carbocycles. The number of aromatic nitrogens is 1. The highest BCUT2D eigenvalue weighted by molar-refractivity contribution is 5.89. The highest BCUT2D eigenvalue weighted by atomic mass is 16.5. The van der Waals surface area contributed by atoms with Crippen molar-refractivity contribution in [2.45, 2.75) is 13.0 Å². The molecule has 0 aliphatic carbocycles. The summed E-state index contributed by atoms with van der Waals surface area (Å²) in [7, 11) is 1.38. The van der Waals surface area contributed by atoms with E-state index >= 15 is 0 Å². The summed E-state index contributed by atoms with van der Waals surface area (Å²) >= 11 is 0. The van der Waals surface area contributed by atoms with Gasteiger partial charge >= 0.3 is 5.97 Å². The molecule has 2 rings (SSSR count). The number of rotatable bonds is 6. The smallest absolute Gasteiger partial charge is 0.337 e. The number of nitrogens with one attached hydrogen (secondary N) is 1. The Bertz CT molecular complexity index is 538. The molecule has 1 N–H and O–H groups in total.